The van der Waals surface area contributed by atoms with Gasteiger partial charge < -0.3 is 20.3 Å². The van der Waals surface area contributed by atoms with Gasteiger partial charge in [0.1, 0.15) is 0 Å². The number of hydrogen-bond acceptors (Lipinski definition) is 5. The van der Waals surface area contributed by atoms with Gasteiger partial charge in [0, 0.05) is 12.8 Å². The molecule has 1 amide bonds. The molecule has 3 N–H and O–H groups in total. The maximum Gasteiger partial charge on any atom is 0.305 e. The highest BCUT2D eigenvalue weighted by molar-refractivity contribution is 5.76. The monoisotopic (exact) mass is 1090 g/mol. The van der Waals surface area contributed by atoms with Gasteiger partial charge in [0.05, 0.1) is 25.4 Å². The topological polar surface area (TPSA) is 95.9 Å². The molecule has 0 aromatic heterocycles. The van der Waals surface area contributed by atoms with E-state index in [0.29, 0.717) is 19.4 Å². The highest BCUT2D eigenvalue weighted by atomic mass is 16.5. The van der Waals surface area contributed by atoms with Gasteiger partial charge in [-0.3, -0.25) is 9.59 Å². The molecular formula is C72H135NO5. The minimum atomic E-state index is -0.841. The first-order valence-electron chi connectivity index (χ1n) is 34.9. The van der Waals surface area contributed by atoms with Gasteiger partial charge in [0.2, 0.25) is 5.91 Å². The summed E-state index contributed by atoms with van der Waals surface area (Å²) < 4.78 is 5.49. The van der Waals surface area contributed by atoms with Gasteiger partial charge in [-0.05, 0) is 89.9 Å². The summed E-state index contributed by atoms with van der Waals surface area (Å²) in [7, 11) is 0. The van der Waals surface area contributed by atoms with Crippen LogP contribution in [0.15, 0.2) is 48.6 Å². The molecule has 2 unspecified atom stereocenters. The zero-order valence-corrected chi connectivity index (χ0v) is 52.4. The summed E-state index contributed by atoms with van der Waals surface area (Å²) in [6, 6.07) is -0.625. The van der Waals surface area contributed by atoms with Gasteiger partial charge in [0.25, 0.3) is 0 Å². The Morgan fingerprint density at radius 2 is 0.641 bits per heavy atom. The quantitative estimate of drug-likeness (QED) is 0.0320. The van der Waals surface area contributed by atoms with E-state index in [1.807, 2.05) is 6.08 Å². The number of ether oxygens (including phenoxy) is 1. The van der Waals surface area contributed by atoms with Crippen LogP contribution in [-0.4, -0.2) is 47.4 Å². The molecule has 0 aromatic carbocycles. The molecule has 78 heavy (non-hydrogen) atoms. The second-order valence-corrected chi connectivity index (χ2v) is 23.9. The van der Waals surface area contributed by atoms with E-state index in [9.17, 15) is 19.8 Å². The van der Waals surface area contributed by atoms with Crippen LogP contribution in [0.2, 0.25) is 0 Å². The van der Waals surface area contributed by atoms with Crippen LogP contribution in [-0.2, 0) is 14.3 Å². The zero-order valence-electron chi connectivity index (χ0n) is 52.4. The van der Waals surface area contributed by atoms with Crippen molar-refractivity contribution in [3.05, 3.63) is 48.6 Å². The normalized spacial score (nSPS) is 12.8. The highest BCUT2D eigenvalue weighted by Gasteiger charge is 2.18. The van der Waals surface area contributed by atoms with Crippen LogP contribution in [0.1, 0.15) is 373 Å². The fraction of sp³-hybridized carbons (Fsp3) is 0.861. The van der Waals surface area contributed by atoms with E-state index >= 15 is 0 Å². The number of amides is 1. The lowest BCUT2D eigenvalue weighted by Gasteiger charge is -2.20. The number of nitrogens with one attached hydrogen (secondary N) is 1. The average Bonchev–Trinajstić information content (AvgIpc) is 3.44. The van der Waals surface area contributed by atoms with Crippen molar-refractivity contribution in [2.75, 3.05) is 13.2 Å². The maximum atomic E-state index is 12.5. The van der Waals surface area contributed by atoms with Crippen LogP contribution in [0.25, 0.3) is 0 Å². The lowest BCUT2D eigenvalue weighted by Crippen LogP contribution is -2.45. The van der Waals surface area contributed by atoms with E-state index in [0.717, 1.165) is 51.4 Å². The number of carbonyl (C=O) groups is 2. The van der Waals surface area contributed by atoms with Gasteiger partial charge in [-0.2, -0.15) is 0 Å². The van der Waals surface area contributed by atoms with Crippen LogP contribution in [0.5, 0.6) is 0 Å². The summed E-state index contributed by atoms with van der Waals surface area (Å²) in [4.78, 5) is 24.5. The van der Waals surface area contributed by atoms with Gasteiger partial charge in [-0.1, -0.05) is 319 Å². The Morgan fingerprint density at radius 1 is 0.359 bits per heavy atom. The largest absolute Gasteiger partial charge is 0.466 e. The molecule has 0 radical (unpaired) electrons. The van der Waals surface area contributed by atoms with Crippen LogP contribution in [0, 0.1) is 0 Å². The Kier molecular flexibility index (Phi) is 65.4. The van der Waals surface area contributed by atoms with Gasteiger partial charge in [0.15, 0.2) is 0 Å². The van der Waals surface area contributed by atoms with E-state index in [4.69, 9.17) is 4.74 Å². The summed E-state index contributed by atoms with van der Waals surface area (Å²) in [5.74, 6) is -0.0598. The van der Waals surface area contributed by atoms with Crippen molar-refractivity contribution in [3.63, 3.8) is 0 Å². The van der Waals surface area contributed by atoms with Gasteiger partial charge in [-0.15, -0.1) is 0 Å². The maximum absolute atomic E-state index is 12.5. The molecule has 0 saturated carbocycles. The molecule has 0 aliphatic carbocycles. The fourth-order valence-electron chi connectivity index (χ4n) is 10.7. The SMILES string of the molecule is CCCCCC/C=C\C/C=C\CCCCCCCC(=O)OCCCCCCCCCCCCCC/C=C\CCCCCCCCCCCCCCCCCCCC(=O)NC(CO)C(O)/C=C/CCCCCCCCCCCC. The number of allylic oxidation sites excluding steroid dienone is 7. The average molecular weight is 1090 g/mol. The smallest absolute Gasteiger partial charge is 0.305 e. The summed E-state index contributed by atoms with van der Waals surface area (Å²) >= 11 is 0. The second kappa shape index (κ2) is 67.3. The molecule has 0 fully saturated rings. The summed E-state index contributed by atoms with van der Waals surface area (Å²) in [6.07, 6.45) is 87.7. The van der Waals surface area contributed by atoms with E-state index in [-0.39, 0.29) is 18.5 Å². The summed E-state index contributed by atoms with van der Waals surface area (Å²) in [6.45, 7) is 4.89. The lowest BCUT2D eigenvalue weighted by molar-refractivity contribution is -0.143. The van der Waals surface area contributed by atoms with Crippen LogP contribution >= 0.6 is 0 Å². The van der Waals surface area contributed by atoms with Crippen molar-refractivity contribution in [2.24, 2.45) is 0 Å². The van der Waals surface area contributed by atoms with Crippen LogP contribution in [0.3, 0.4) is 0 Å². The molecule has 0 rings (SSSR count). The molecule has 0 heterocycles. The number of esters is 1. The molecule has 0 saturated heterocycles. The summed E-state index contributed by atoms with van der Waals surface area (Å²) in [5.41, 5.74) is 0. The summed E-state index contributed by atoms with van der Waals surface area (Å²) in [5, 5.41) is 23.1. The molecule has 2 atom stereocenters. The molecule has 458 valence electrons. The number of hydrogen-bond donors (Lipinski definition) is 3. The van der Waals surface area contributed by atoms with E-state index in [2.05, 4.69) is 55.6 Å². The standard InChI is InChI=1S/C72H135NO5/c1-3-5-7-9-11-13-15-17-18-39-42-46-50-54-58-62-66-72(77)78-67-63-59-55-51-47-43-40-37-35-33-31-29-27-25-23-21-19-20-22-24-26-28-30-32-34-36-38-41-45-49-53-57-61-65-71(76)73-69(68-74)70(75)64-60-56-52-48-44-16-14-12-10-8-6-4-2/h13,15,18,23,25,39,60,64,69-70,74-75H,3-12,14,16-17,19-22,24,26-38,40-59,61-63,65-68H2,1-2H3,(H,73,76)/b15-13-,25-23-,39-18-,64-60+. The highest BCUT2D eigenvalue weighted by Crippen LogP contribution is 2.18. The first kappa shape index (κ1) is 75.8. The number of carbonyl (C=O) groups excluding carboxylic acids is 2. The van der Waals surface area contributed by atoms with Gasteiger partial charge in [-0.25, -0.2) is 0 Å². The minimum absolute atomic E-state index is 0.00489. The minimum Gasteiger partial charge on any atom is -0.466 e. The first-order chi connectivity index (χ1) is 38.5. The van der Waals surface area contributed by atoms with Crippen molar-refractivity contribution < 1.29 is 24.5 Å². The number of unbranched alkanes of at least 4 members (excludes halogenated alkanes) is 48. The third-order valence-corrected chi connectivity index (χ3v) is 16.1. The Labute approximate surface area is 486 Å². The van der Waals surface area contributed by atoms with Crippen LogP contribution in [0.4, 0.5) is 0 Å². The van der Waals surface area contributed by atoms with Crippen molar-refractivity contribution in [1.29, 1.82) is 0 Å². The number of aliphatic hydroxyl groups excluding tert-OH is 2. The molecule has 0 aliphatic rings. The predicted octanol–water partition coefficient (Wildman–Crippen LogP) is 22.5. The third-order valence-electron chi connectivity index (χ3n) is 16.1. The molecule has 6 nitrogen and oxygen atoms in total. The second-order valence-electron chi connectivity index (χ2n) is 23.9. The van der Waals surface area contributed by atoms with E-state index in [1.54, 1.807) is 6.08 Å². The van der Waals surface area contributed by atoms with Crippen molar-refractivity contribution >= 4 is 11.9 Å². The Balaban J connectivity index is 3.35. The molecular weight excluding hydrogens is 959 g/mol. The lowest BCUT2D eigenvalue weighted by atomic mass is 10.0. The van der Waals surface area contributed by atoms with E-state index in [1.165, 1.54) is 295 Å². The van der Waals surface area contributed by atoms with Crippen molar-refractivity contribution in [3.8, 4) is 0 Å². The molecule has 0 spiro atoms. The number of aliphatic hydroxyl groups is 2. The molecule has 0 aromatic rings. The Bertz CT molecular complexity index is 1310. The molecule has 0 bridgehead atoms. The van der Waals surface area contributed by atoms with Crippen molar-refractivity contribution in [1.82, 2.24) is 5.32 Å². The van der Waals surface area contributed by atoms with Crippen molar-refractivity contribution in [2.45, 2.75) is 386 Å². The number of rotatable bonds is 65. The predicted molar refractivity (Wildman–Crippen MR) is 342 cm³/mol. The fourth-order valence-corrected chi connectivity index (χ4v) is 10.7. The molecule has 6 heteroatoms. The first-order valence-corrected chi connectivity index (χ1v) is 34.9. The Hall–Kier alpha value is -2.18. The molecule has 0 aliphatic heterocycles. The third kappa shape index (κ3) is 63.0. The Morgan fingerprint density at radius 3 is 1.00 bits per heavy atom. The van der Waals surface area contributed by atoms with Gasteiger partial charge >= 0.3 is 5.97 Å². The zero-order chi connectivity index (χ0) is 56.4. The van der Waals surface area contributed by atoms with Crippen LogP contribution < -0.4 is 5.32 Å². The van der Waals surface area contributed by atoms with E-state index < -0.39 is 12.1 Å².